The molecule has 0 heterocycles. The quantitative estimate of drug-likeness (QED) is 0.569. The molecule has 7 nitrogen and oxygen atoms in total. The molecule has 2 aromatic carbocycles. The molecule has 0 saturated carbocycles. The predicted molar refractivity (Wildman–Crippen MR) is 128 cm³/mol. The molecule has 2 amide bonds. The molecule has 0 radical (unpaired) electrons. The number of rotatable bonds is 10. The fourth-order valence-corrected chi connectivity index (χ4v) is 4.09. The van der Waals surface area contributed by atoms with Gasteiger partial charge in [0.2, 0.25) is 21.8 Å². The highest BCUT2D eigenvalue weighted by molar-refractivity contribution is 7.92. The predicted octanol–water partition coefficient (Wildman–Crippen LogP) is 3.23. The number of amides is 2. The summed E-state index contributed by atoms with van der Waals surface area (Å²) >= 11 is 0. The molecule has 180 valence electrons. The fourth-order valence-electron chi connectivity index (χ4n) is 3.24. The summed E-state index contributed by atoms with van der Waals surface area (Å²) in [5, 5.41) is 2.88. The van der Waals surface area contributed by atoms with E-state index >= 15 is 0 Å². The van der Waals surface area contributed by atoms with Gasteiger partial charge in [-0.25, -0.2) is 12.8 Å². The number of anilines is 1. The summed E-state index contributed by atoms with van der Waals surface area (Å²) < 4.78 is 39.2. The zero-order chi connectivity index (χ0) is 24.8. The molecule has 2 aromatic rings. The molecule has 2 atom stereocenters. The highest BCUT2D eigenvalue weighted by atomic mass is 32.2. The van der Waals surface area contributed by atoms with Crippen LogP contribution in [0.2, 0.25) is 0 Å². The monoisotopic (exact) mass is 477 g/mol. The first-order chi connectivity index (χ1) is 15.4. The standard InChI is InChI=1S/C24H32FN3O4S/c1-6-18(3)26-24(30)19(4)27(15-20-10-8-7-9-17(20)2)23(29)16-28(33(5,31)32)22-13-11-21(25)12-14-22/h7-14,18-19H,6,15-16H2,1-5H3,(H,26,30)/t18-,19-/m0/s1. The Morgan fingerprint density at radius 1 is 1.06 bits per heavy atom. The van der Waals surface area contributed by atoms with E-state index < -0.39 is 34.3 Å². The van der Waals surface area contributed by atoms with Crippen LogP contribution in [0.25, 0.3) is 0 Å². The lowest BCUT2D eigenvalue weighted by Crippen LogP contribution is -2.52. The van der Waals surface area contributed by atoms with E-state index in [-0.39, 0.29) is 24.2 Å². The van der Waals surface area contributed by atoms with Crippen molar-refractivity contribution in [3.63, 3.8) is 0 Å². The van der Waals surface area contributed by atoms with Gasteiger partial charge >= 0.3 is 0 Å². The van der Waals surface area contributed by atoms with Crippen molar-refractivity contribution < 1.29 is 22.4 Å². The van der Waals surface area contributed by atoms with Crippen molar-refractivity contribution in [2.24, 2.45) is 0 Å². The number of hydrogen-bond acceptors (Lipinski definition) is 4. The molecule has 33 heavy (non-hydrogen) atoms. The molecule has 0 spiro atoms. The van der Waals surface area contributed by atoms with Gasteiger partial charge in [0.25, 0.3) is 0 Å². The highest BCUT2D eigenvalue weighted by Gasteiger charge is 2.30. The normalized spacial score (nSPS) is 13.2. The Balaban J connectivity index is 2.39. The first-order valence-corrected chi connectivity index (χ1v) is 12.7. The Morgan fingerprint density at radius 2 is 1.67 bits per heavy atom. The molecule has 2 rings (SSSR count). The van der Waals surface area contributed by atoms with E-state index in [1.165, 1.54) is 17.0 Å². The van der Waals surface area contributed by atoms with Gasteiger partial charge in [0.15, 0.2) is 0 Å². The van der Waals surface area contributed by atoms with Gasteiger partial charge in [-0.05, 0) is 62.6 Å². The van der Waals surface area contributed by atoms with Gasteiger partial charge in [-0.15, -0.1) is 0 Å². The number of halogens is 1. The van der Waals surface area contributed by atoms with Gasteiger partial charge in [0.05, 0.1) is 11.9 Å². The topological polar surface area (TPSA) is 86.8 Å². The molecule has 9 heteroatoms. The summed E-state index contributed by atoms with van der Waals surface area (Å²) in [6.07, 6.45) is 1.71. The van der Waals surface area contributed by atoms with Crippen LogP contribution >= 0.6 is 0 Å². The Labute approximate surface area is 195 Å². The third kappa shape index (κ3) is 7.28. The van der Waals surface area contributed by atoms with E-state index in [2.05, 4.69) is 5.32 Å². The smallest absolute Gasteiger partial charge is 0.244 e. The first-order valence-electron chi connectivity index (χ1n) is 10.8. The molecule has 0 saturated heterocycles. The maximum absolute atomic E-state index is 13.4. The largest absolute Gasteiger partial charge is 0.352 e. The number of sulfonamides is 1. The molecular formula is C24H32FN3O4S. The third-order valence-electron chi connectivity index (χ3n) is 5.56. The van der Waals surface area contributed by atoms with E-state index in [9.17, 15) is 22.4 Å². The highest BCUT2D eigenvalue weighted by Crippen LogP contribution is 2.20. The van der Waals surface area contributed by atoms with Gasteiger partial charge < -0.3 is 10.2 Å². The van der Waals surface area contributed by atoms with Crippen LogP contribution in [-0.2, 0) is 26.2 Å². The van der Waals surface area contributed by atoms with Gasteiger partial charge in [0, 0.05) is 12.6 Å². The molecule has 0 aromatic heterocycles. The summed E-state index contributed by atoms with van der Waals surface area (Å²) in [4.78, 5) is 27.6. The second kappa shape index (κ2) is 11.3. The van der Waals surface area contributed by atoms with Crippen molar-refractivity contribution in [1.29, 1.82) is 0 Å². The minimum atomic E-state index is -3.85. The molecule has 1 N–H and O–H groups in total. The number of carbonyl (C=O) groups excluding carboxylic acids is 2. The molecule has 0 aliphatic carbocycles. The van der Waals surface area contributed by atoms with Gasteiger partial charge in [-0.1, -0.05) is 31.2 Å². The maximum atomic E-state index is 13.4. The lowest BCUT2D eigenvalue weighted by Gasteiger charge is -2.32. The number of benzene rings is 2. The number of aryl methyl sites for hydroxylation is 1. The molecule has 0 bridgehead atoms. The van der Waals surface area contributed by atoms with E-state index in [1.807, 2.05) is 45.0 Å². The van der Waals surface area contributed by atoms with Gasteiger partial charge in [-0.3, -0.25) is 13.9 Å². The van der Waals surface area contributed by atoms with E-state index in [0.717, 1.165) is 40.2 Å². The summed E-state index contributed by atoms with van der Waals surface area (Å²) in [7, 11) is -3.85. The summed E-state index contributed by atoms with van der Waals surface area (Å²) in [5.74, 6) is -1.38. The number of nitrogens with one attached hydrogen (secondary N) is 1. The number of nitrogens with zero attached hydrogens (tertiary/aromatic N) is 2. The summed E-state index contributed by atoms with van der Waals surface area (Å²) in [5.41, 5.74) is 1.96. The number of hydrogen-bond donors (Lipinski definition) is 1. The SMILES string of the molecule is CC[C@H](C)NC(=O)[C@H](C)N(Cc1ccccc1C)C(=O)CN(c1ccc(F)cc1)S(C)(=O)=O. The van der Waals surface area contributed by atoms with Crippen LogP contribution in [0.4, 0.5) is 10.1 Å². The van der Waals surface area contributed by atoms with Crippen molar-refractivity contribution in [2.45, 2.75) is 52.7 Å². The van der Waals surface area contributed by atoms with Crippen molar-refractivity contribution >= 4 is 27.5 Å². The Hall–Kier alpha value is -2.94. The van der Waals surface area contributed by atoms with E-state index in [4.69, 9.17) is 0 Å². The lowest BCUT2D eigenvalue weighted by molar-refractivity contribution is -0.139. The molecule has 0 aliphatic heterocycles. The molecular weight excluding hydrogens is 445 g/mol. The molecule has 0 aliphatic rings. The Bertz CT molecular complexity index is 1070. The third-order valence-corrected chi connectivity index (χ3v) is 6.70. The number of carbonyl (C=O) groups is 2. The summed E-state index contributed by atoms with van der Waals surface area (Å²) in [6.45, 7) is 6.97. The minimum Gasteiger partial charge on any atom is -0.352 e. The average molecular weight is 478 g/mol. The second-order valence-corrected chi connectivity index (χ2v) is 10.1. The Kier molecular flexibility index (Phi) is 8.99. The second-order valence-electron chi connectivity index (χ2n) is 8.19. The van der Waals surface area contributed by atoms with Crippen LogP contribution in [0.15, 0.2) is 48.5 Å². The van der Waals surface area contributed by atoms with Crippen LogP contribution in [0.3, 0.4) is 0 Å². The minimum absolute atomic E-state index is 0.0675. The zero-order valence-electron chi connectivity index (χ0n) is 19.7. The van der Waals surface area contributed by atoms with Gasteiger partial charge in [0.1, 0.15) is 18.4 Å². The zero-order valence-corrected chi connectivity index (χ0v) is 20.5. The van der Waals surface area contributed by atoms with Crippen molar-refractivity contribution in [2.75, 3.05) is 17.1 Å². The maximum Gasteiger partial charge on any atom is 0.244 e. The molecule has 0 fully saturated rings. The van der Waals surface area contributed by atoms with Crippen LogP contribution in [0, 0.1) is 12.7 Å². The van der Waals surface area contributed by atoms with Crippen LogP contribution < -0.4 is 9.62 Å². The average Bonchev–Trinajstić information content (AvgIpc) is 2.76. The molecule has 0 unspecified atom stereocenters. The van der Waals surface area contributed by atoms with E-state index in [1.54, 1.807) is 6.92 Å². The lowest BCUT2D eigenvalue weighted by atomic mass is 10.1. The van der Waals surface area contributed by atoms with Gasteiger partial charge in [-0.2, -0.15) is 0 Å². The van der Waals surface area contributed by atoms with Crippen molar-refractivity contribution in [3.05, 3.63) is 65.5 Å². The van der Waals surface area contributed by atoms with Crippen LogP contribution in [0.1, 0.15) is 38.3 Å². The van der Waals surface area contributed by atoms with Crippen LogP contribution in [0.5, 0.6) is 0 Å². The Morgan fingerprint density at radius 3 is 2.21 bits per heavy atom. The van der Waals surface area contributed by atoms with E-state index in [0.29, 0.717) is 0 Å². The van der Waals surface area contributed by atoms with Crippen molar-refractivity contribution in [3.8, 4) is 0 Å². The fraction of sp³-hybridized carbons (Fsp3) is 0.417. The summed E-state index contributed by atoms with van der Waals surface area (Å²) in [6, 6.07) is 11.5. The van der Waals surface area contributed by atoms with Crippen LogP contribution in [-0.4, -0.2) is 50.0 Å². The van der Waals surface area contributed by atoms with Crippen molar-refractivity contribution in [1.82, 2.24) is 10.2 Å². The first kappa shape index (κ1) is 26.3.